The van der Waals surface area contributed by atoms with Gasteiger partial charge in [0.05, 0.1) is 25.0 Å². The highest BCUT2D eigenvalue weighted by atomic mass is 16.5. The van der Waals surface area contributed by atoms with Gasteiger partial charge in [0.15, 0.2) is 0 Å². The molecule has 1 aromatic heterocycles. The summed E-state index contributed by atoms with van der Waals surface area (Å²) >= 11 is 0. The molecule has 0 aliphatic carbocycles. The van der Waals surface area contributed by atoms with E-state index in [4.69, 9.17) is 4.74 Å². The number of hydrogen-bond acceptors (Lipinski definition) is 4. The maximum atomic E-state index is 12.4. The van der Waals surface area contributed by atoms with Gasteiger partial charge < -0.3 is 9.64 Å². The summed E-state index contributed by atoms with van der Waals surface area (Å²) in [5, 5.41) is 4.17. The maximum absolute atomic E-state index is 12.4. The minimum absolute atomic E-state index is 0.0826. The third-order valence-corrected chi connectivity index (χ3v) is 3.88. The molecule has 21 heavy (non-hydrogen) atoms. The van der Waals surface area contributed by atoms with Gasteiger partial charge >= 0.3 is 0 Å². The molecule has 118 valence electrons. The molecular formula is C15H26N4O2. The second kappa shape index (κ2) is 8.14. The Labute approximate surface area is 126 Å². The van der Waals surface area contributed by atoms with Crippen LogP contribution in [0.5, 0.6) is 0 Å². The highest BCUT2D eigenvalue weighted by molar-refractivity contribution is 5.93. The third kappa shape index (κ3) is 4.54. The molecule has 6 heteroatoms. The molecule has 2 heterocycles. The Hall–Kier alpha value is -1.40. The number of morpholine rings is 1. The van der Waals surface area contributed by atoms with Crippen molar-refractivity contribution < 1.29 is 9.53 Å². The van der Waals surface area contributed by atoms with Crippen molar-refractivity contribution in [2.45, 2.75) is 26.8 Å². The van der Waals surface area contributed by atoms with Crippen LogP contribution in [0.25, 0.3) is 0 Å². The van der Waals surface area contributed by atoms with Crippen LogP contribution in [-0.2, 0) is 11.3 Å². The number of carbonyl (C=O) groups is 1. The Morgan fingerprint density at radius 3 is 2.76 bits per heavy atom. The van der Waals surface area contributed by atoms with Crippen LogP contribution < -0.4 is 0 Å². The van der Waals surface area contributed by atoms with E-state index in [0.717, 1.165) is 58.9 Å². The minimum atomic E-state index is 0.0826. The first kappa shape index (κ1) is 16.0. The van der Waals surface area contributed by atoms with Crippen molar-refractivity contribution in [1.29, 1.82) is 0 Å². The number of aryl methyl sites for hydroxylation is 1. The van der Waals surface area contributed by atoms with E-state index in [2.05, 4.69) is 10.00 Å². The van der Waals surface area contributed by atoms with Gasteiger partial charge in [-0.15, -0.1) is 0 Å². The molecule has 1 amide bonds. The van der Waals surface area contributed by atoms with Gasteiger partial charge in [0.2, 0.25) is 0 Å². The summed E-state index contributed by atoms with van der Waals surface area (Å²) in [5.74, 6) is 0.0826. The number of nitrogens with zero attached hydrogens (tertiary/aromatic N) is 4. The molecule has 0 unspecified atom stereocenters. The second-order valence-electron chi connectivity index (χ2n) is 5.28. The Balaban J connectivity index is 1.79. The number of aromatic nitrogens is 2. The molecule has 0 bridgehead atoms. The topological polar surface area (TPSA) is 50.6 Å². The zero-order valence-electron chi connectivity index (χ0n) is 13.1. The predicted octanol–water partition coefficient (Wildman–Crippen LogP) is 1.09. The monoisotopic (exact) mass is 294 g/mol. The van der Waals surface area contributed by atoms with Gasteiger partial charge in [0.25, 0.3) is 5.91 Å². The standard InChI is InChI=1S/C15H26N4O2/c1-3-18(7-5-6-17-8-10-21-11-9-17)15(20)14-12-16-19(4-2)13-14/h12-13H,3-11H2,1-2H3. The van der Waals surface area contributed by atoms with Crippen LogP contribution in [0.15, 0.2) is 12.4 Å². The van der Waals surface area contributed by atoms with Crippen LogP contribution >= 0.6 is 0 Å². The van der Waals surface area contributed by atoms with E-state index in [9.17, 15) is 4.79 Å². The molecule has 0 N–H and O–H groups in total. The van der Waals surface area contributed by atoms with Crippen molar-refractivity contribution >= 4 is 5.91 Å². The van der Waals surface area contributed by atoms with Gasteiger partial charge in [-0.25, -0.2) is 0 Å². The molecule has 0 aromatic carbocycles. The zero-order valence-corrected chi connectivity index (χ0v) is 13.1. The lowest BCUT2D eigenvalue weighted by Gasteiger charge is -2.28. The quantitative estimate of drug-likeness (QED) is 0.755. The van der Waals surface area contributed by atoms with Crippen molar-refractivity contribution in [3.63, 3.8) is 0 Å². The predicted molar refractivity (Wildman–Crippen MR) is 81.4 cm³/mol. The lowest BCUT2D eigenvalue weighted by molar-refractivity contribution is 0.0358. The molecule has 1 aliphatic heterocycles. The molecule has 1 aliphatic rings. The lowest BCUT2D eigenvalue weighted by atomic mass is 10.2. The van der Waals surface area contributed by atoms with E-state index in [1.807, 2.05) is 24.9 Å². The number of hydrogen-bond donors (Lipinski definition) is 0. The second-order valence-corrected chi connectivity index (χ2v) is 5.28. The zero-order chi connectivity index (χ0) is 15.1. The van der Waals surface area contributed by atoms with Crippen molar-refractivity contribution in [3.05, 3.63) is 18.0 Å². The normalized spacial score (nSPS) is 16.1. The maximum Gasteiger partial charge on any atom is 0.257 e. The van der Waals surface area contributed by atoms with Crippen LogP contribution in [0.1, 0.15) is 30.6 Å². The van der Waals surface area contributed by atoms with Gasteiger partial charge in [-0.2, -0.15) is 5.10 Å². The van der Waals surface area contributed by atoms with E-state index < -0.39 is 0 Å². The molecule has 0 saturated carbocycles. The van der Waals surface area contributed by atoms with E-state index in [-0.39, 0.29) is 5.91 Å². The Morgan fingerprint density at radius 2 is 2.14 bits per heavy atom. The van der Waals surface area contributed by atoms with Crippen molar-refractivity contribution in [1.82, 2.24) is 19.6 Å². The fraction of sp³-hybridized carbons (Fsp3) is 0.733. The Morgan fingerprint density at radius 1 is 1.38 bits per heavy atom. The van der Waals surface area contributed by atoms with Gasteiger partial charge in [-0.3, -0.25) is 14.4 Å². The Bertz CT molecular complexity index is 441. The average Bonchev–Trinajstić information content (AvgIpc) is 3.01. The smallest absolute Gasteiger partial charge is 0.257 e. The van der Waals surface area contributed by atoms with Crippen LogP contribution in [-0.4, -0.2) is 71.4 Å². The SMILES string of the molecule is CCN(CCCN1CCOCC1)C(=O)c1cnn(CC)c1. The highest BCUT2D eigenvalue weighted by Gasteiger charge is 2.16. The summed E-state index contributed by atoms with van der Waals surface area (Å²) < 4.78 is 7.13. The summed E-state index contributed by atoms with van der Waals surface area (Å²) in [6, 6.07) is 0. The van der Waals surface area contributed by atoms with Gasteiger partial charge in [0.1, 0.15) is 0 Å². The molecule has 0 atom stereocenters. The minimum Gasteiger partial charge on any atom is -0.379 e. The first-order chi connectivity index (χ1) is 10.2. The summed E-state index contributed by atoms with van der Waals surface area (Å²) in [5.41, 5.74) is 0.685. The first-order valence-corrected chi connectivity index (χ1v) is 7.86. The average molecular weight is 294 g/mol. The van der Waals surface area contributed by atoms with Gasteiger partial charge in [0, 0.05) is 45.5 Å². The highest BCUT2D eigenvalue weighted by Crippen LogP contribution is 2.06. The lowest BCUT2D eigenvalue weighted by Crippen LogP contribution is -2.39. The third-order valence-electron chi connectivity index (χ3n) is 3.88. The van der Waals surface area contributed by atoms with E-state index in [1.54, 1.807) is 10.9 Å². The van der Waals surface area contributed by atoms with E-state index in [0.29, 0.717) is 5.56 Å². The molecule has 2 rings (SSSR count). The van der Waals surface area contributed by atoms with Crippen LogP contribution in [0.4, 0.5) is 0 Å². The summed E-state index contributed by atoms with van der Waals surface area (Å²) in [4.78, 5) is 16.7. The first-order valence-electron chi connectivity index (χ1n) is 7.86. The number of carbonyl (C=O) groups excluding carboxylic acids is 1. The van der Waals surface area contributed by atoms with Crippen molar-refractivity contribution in [2.24, 2.45) is 0 Å². The number of rotatable bonds is 7. The van der Waals surface area contributed by atoms with Crippen LogP contribution in [0.2, 0.25) is 0 Å². The van der Waals surface area contributed by atoms with Crippen molar-refractivity contribution in [3.8, 4) is 0 Å². The number of amides is 1. The molecule has 1 fully saturated rings. The van der Waals surface area contributed by atoms with Gasteiger partial charge in [-0.1, -0.05) is 0 Å². The fourth-order valence-corrected chi connectivity index (χ4v) is 2.54. The van der Waals surface area contributed by atoms with E-state index in [1.165, 1.54) is 0 Å². The molecule has 1 saturated heterocycles. The fourth-order valence-electron chi connectivity index (χ4n) is 2.54. The molecule has 0 spiro atoms. The number of ether oxygens (including phenoxy) is 1. The summed E-state index contributed by atoms with van der Waals surface area (Å²) in [7, 11) is 0. The molecule has 6 nitrogen and oxygen atoms in total. The Kier molecular flexibility index (Phi) is 6.20. The van der Waals surface area contributed by atoms with E-state index >= 15 is 0 Å². The molecule has 1 aromatic rings. The largest absolute Gasteiger partial charge is 0.379 e. The van der Waals surface area contributed by atoms with Gasteiger partial charge in [-0.05, 0) is 20.3 Å². The molecule has 0 radical (unpaired) electrons. The van der Waals surface area contributed by atoms with Crippen molar-refractivity contribution in [2.75, 3.05) is 45.9 Å². The summed E-state index contributed by atoms with van der Waals surface area (Å²) in [6.45, 7) is 11.0. The summed E-state index contributed by atoms with van der Waals surface area (Å²) in [6.07, 6.45) is 4.49. The van der Waals surface area contributed by atoms with Crippen LogP contribution in [0, 0.1) is 0 Å². The van der Waals surface area contributed by atoms with Crippen LogP contribution in [0.3, 0.4) is 0 Å². The molecular weight excluding hydrogens is 268 g/mol.